The van der Waals surface area contributed by atoms with Crippen LogP contribution in [0.3, 0.4) is 0 Å². The Labute approximate surface area is 114 Å². The summed E-state index contributed by atoms with van der Waals surface area (Å²) in [4.78, 5) is 6.80. The maximum atomic E-state index is 5.58. The average molecular weight is 253 g/mol. The van der Waals surface area contributed by atoms with E-state index >= 15 is 0 Å². The van der Waals surface area contributed by atoms with Crippen molar-refractivity contribution < 1.29 is 0 Å². The van der Waals surface area contributed by atoms with Gasteiger partial charge in [0.25, 0.3) is 0 Å². The first kappa shape index (κ1) is 12.2. The van der Waals surface area contributed by atoms with Gasteiger partial charge in [0, 0.05) is 19.6 Å². The number of anilines is 1. The van der Waals surface area contributed by atoms with Crippen molar-refractivity contribution in [2.24, 2.45) is 5.73 Å². The molecule has 0 amide bonds. The molecule has 0 saturated heterocycles. The van der Waals surface area contributed by atoms with Crippen molar-refractivity contribution >= 4 is 5.69 Å². The van der Waals surface area contributed by atoms with E-state index < -0.39 is 0 Å². The predicted molar refractivity (Wildman–Crippen MR) is 78.2 cm³/mol. The summed E-state index contributed by atoms with van der Waals surface area (Å²) in [6.45, 7) is 2.62. The molecule has 1 aliphatic heterocycles. The minimum atomic E-state index is 0.506. The van der Waals surface area contributed by atoms with Crippen LogP contribution in [0.4, 0.5) is 5.69 Å². The van der Waals surface area contributed by atoms with Gasteiger partial charge in [-0.05, 0) is 36.1 Å². The van der Waals surface area contributed by atoms with Gasteiger partial charge in [-0.25, -0.2) is 0 Å². The number of hydrogen-bond acceptors (Lipinski definition) is 3. The lowest BCUT2D eigenvalue weighted by Crippen LogP contribution is -2.26. The van der Waals surface area contributed by atoms with Crippen LogP contribution in [0.15, 0.2) is 42.6 Å². The van der Waals surface area contributed by atoms with E-state index in [2.05, 4.69) is 40.2 Å². The Balaban J connectivity index is 1.77. The summed E-state index contributed by atoms with van der Waals surface area (Å²) in [5.74, 6) is 0. The third-order valence-corrected chi connectivity index (χ3v) is 3.80. The molecule has 0 unspecified atom stereocenters. The minimum absolute atomic E-state index is 0.506. The lowest BCUT2D eigenvalue weighted by Gasteiger charge is -2.22. The van der Waals surface area contributed by atoms with Gasteiger partial charge in [0.2, 0.25) is 0 Å². The zero-order chi connectivity index (χ0) is 13.1. The van der Waals surface area contributed by atoms with Crippen LogP contribution in [0.1, 0.15) is 16.8 Å². The van der Waals surface area contributed by atoms with Gasteiger partial charge in [0.1, 0.15) is 0 Å². The van der Waals surface area contributed by atoms with Gasteiger partial charge in [-0.3, -0.25) is 4.98 Å². The van der Waals surface area contributed by atoms with Crippen LogP contribution < -0.4 is 10.6 Å². The van der Waals surface area contributed by atoms with Crippen molar-refractivity contribution in [1.29, 1.82) is 0 Å². The first-order valence-corrected chi connectivity index (χ1v) is 6.83. The summed E-state index contributed by atoms with van der Waals surface area (Å²) in [5, 5.41) is 0. The van der Waals surface area contributed by atoms with E-state index in [1.807, 2.05) is 12.3 Å². The van der Waals surface area contributed by atoms with Crippen molar-refractivity contribution in [3.63, 3.8) is 0 Å². The second-order valence-electron chi connectivity index (χ2n) is 4.97. The molecule has 3 rings (SSSR count). The van der Waals surface area contributed by atoms with Crippen LogP contribution in [0.25, 0.3) is 0 Å². The van der Waals surface area contributed by atoms with Gasteiger partial charge in [-0.15, -0.1) is 0 Å². The number of benzene rings is 1. The zero-order valence-electron chi connectivity index (χ0n) is 11.0. The standard InChI is InChI=1S/C16H19N3/c17-11-15-5-6-16(12-18-15)19-9-7-13-3-1-2-4-14(13)8-10-19/h1-6,12H,7-11,17H2. The Hall–Kier alpha value is -1.87. The molecular formula is C16H19N3. The van der Waals surface area contributed by atoms with Gasteiger partial charge in [0.05, 0.1) is 17.6 Å². The number of rotatable bonds is 2. The van der Waals surface area contributed by atoms with Gasteiger partial charge in [-0.1, -0.05) is 24.3 Å². The molecule has 0 aliphatic carbocycles. The Morgan fingerprint density at radius 2 is 1.68 bits per heavy atom. The van der Waals surface area contributed by atoms with Crippen molar-refractivity contribution in [2.75, 3.05) is 18.0 Å². The summed E-state index contributed by atoms with van der Waals surface area (Å²) in [6, 6.07) is 12.9. The number of nitrogens with two attached hydrogens (primary N) is 1. The van der Waals surface area contributed by atoms with Gasteiger partial charge >= 0.3 is 0 Å². The fourth-order valence-corrected chi connectivity index (χ4v) is 2.65. The largest absolute Gasteiger partial charge is 0.370 e. The second-order valence-corrected chi connectivity index (χ2v) is 4.97. The highest BCUT2D eigenvalue weighted by atomic mass is 15.1. The van der Waals surface area contributed by atoms with Crippen LogP contribution in [0, 0.1) is 0 Å². The van der Waals surface area contributed by atoms with E-state index in [9.17, 15) is 0 Å². The van der Waals surface area contributed by atoms with Crippen molar-refractivity contribution in [1.82, 2.24) is 4.98 Å². The molecule has 2 heterocycles. The van der Waals surface area contributed by atoms with Crippen molar-refractivity contribution in [2.45, 2.75) is 19.4 Å². The highest BCUT2D eigenvalue weighted by molar-refractivity contribution is 5.46. The summed E-state index contributed by atoms with van der Waals surface area (Å²) >= 11 is 0. The molecule has 0 fully saturated rings. The summed E-state index contributed by atoms with van der Waals surface area (Å²) in [6.07, 6.45) is 4.15. The third kappa shape index (κ3) is 2.61. The first-order valence-electron chi connectivity index (χ1n) is 6.83. The molecule has 19 heavy (non-hydrogen) atoms. The van der Waals surface area contributed by atoms with Crippen molar-refractivity contribution in [3.05, 3.63) is 59.4 Å². The molecule has 0 bridgehead atoms. The molecule has 1 aromatic heterocycles. The number of fused-ring (bicyclic) bond motifs is 1. The summed E-state index contributed by atoms with van der Waals surface area (Å²) < 4.78 is 0. The van der Waals surface area contributed by atoms with Crippen LogP contribution in [-0.4, -0.2) is 18.1 Å². The number of hydrogen-bond donors (Lipinski definition) is 1. The van der Waals surface area contributed by atoms with E-state index in [4.69, 9.17) is 5.73 Å². The minimum Gasteiger partial charge on any atom is -0.370 e. The Bertz CT molecular complexity index is 521. The Morgan fingerprint density at radius 1 is 1.00 bits per heavy atom. The molecule has 1 aromatic carbocycles. The van der Waals surface area contributed by atoms with Crippen LogP contribution >= 0.6 is 0 Å². The normalized spacial score (nSPS) is 14.9. The van der Waals surface area contributed by atoms with Crippen LogP contribution in [-0.2, 0) is 19.4 Å². The van der Waals surface area contributed by atoms with E-state index in [1.54, 1.807) is 0 Å². The second kappa shape index (κ2) is 5.41. The quantitative estimate of drug-likeness (QED) is 0.891. The first-order chi connectivity index (χ1) is 9.36. The molecular weight excluding hydrogens is 234 g/mol. The molecule has 0 spiro atoms. The molecule has 0 saturated carbocycles. The Morgan fingerprint density at radius 3 is 2.21 bits per heavy atom. The zero-order valence-corrected chi connectivity index (χ0v) is 11.0. The highest BCUT2D eigenvalue weighted by Crippen LogP contribution is 2.20. The smallest absolute Gasteiger partial charge is 0.0553 e. The summed E-state index contributed by atoms with van der Waals surface area (Å²) in [5.41, 5.74) is 10.7. The molecule has 1 aliphatic rings. The number of aromatic nitrogens is 1. The van der Waals surface area contributed by atoms with Crippen LogP contribution in [0.5, 0.6) is 0 Å². The maximum absolute atomic E-state index is 5.58. The van der Waals surface area contributed by atoms with E-state index in [1.165, 1.54) is 16.8 Å². The number of pyridine rings is 1. The molecule has 0 atom stereocenters. The van der Waals surface area contributed by atoms with Crippen molar-refractivity contribution in [3.8, 4) is 0 Å². The molecule has 98 valence electrons. The summed E-state index contributed by atoms with van der Waals surface area (Å²) in [7, 11) is 0. The highest BCUT2D eigenvalue weighted by Gasteiger charge is 2.13. The lowest BCUT2D eigenvalue weighted by molar-refractivity contribution is 0.801. The van der Waals surface area contributed by atoms with Crippen LogP contribution in [0.2, 0.25) is 0 Å². The number of nitrogens with zero attached hydrogens (tertiary/aromatic N) is 2. The van der Waals surface area contributed by atoms with Gasteiger partial charge in [-0.2, -0.15) is 0 Å². The molecule has 0 radical (unpaired) electrons. The molecule has 3 heteroatoms. The third-order valence-electron chi connectivity index (χ3n) is 3.80. The fourth-order valence-electron chi connectivity index (χ4n) is 2.65. The topological polar surface area (TPSA) is 42.1 Å². The van der Waals surface area contributed by atoms with E-state index in [0.29, 0.717) is 6.54 Å². The fraction of sp³-hybridized carbons (Fsp3) is 0.312. The molecule has 2 aromatic rings. The average Bonchev–Trinajstić information content (AvgIpc) is 2.70. The van der Waals surface area contributed by atoms with Gasteiger partial charge < -0.3 is 10.6 Å². The van der Waals surface area contributed by atoms with Gasteiger partial charge in [0.15, 0.2) is 0 Å². The van der Waals surface area contributed by atoms with E-state index in [-0.39, 0.29) is 0 Å². The molecule has 3 nitrogen and oxygen atoms in total. The Kier molecular flexibility index (Phi) is 3.47. The SMILES string of the molecule is NCc1ccc(N2CCc3ccccc3CC2)cn1. The monoisotopic (exact) mass is 253 g/mol. The van der Waals surface area contributed by atoms with E-state index in [0.717, 1.165) is 31.6 Å². The predicted octanol–water partition coefficient (Wildman–Crippen LogP) is 2.15. The molecule has 2 N–H and O–H groups in total. The maximum Gasteiger partial charge on any atom is 0.0553 e. The lowest BCUT2D eigenvalue weighted by atomic mass is 10.0.